The van der Waals surface area contributed by atoms with Crippen LogP contribution in [0.3, 0.4) is 0 Å². The fourth-order valence-electron chi connectivity index (χ4n) is 1.93. The molecule has 0 saturated carbocycles. The average Bonchev–Trinajstić information content (AvgIpc) is 2.42. The lowest BCUT2D eigenvalue weighted by Gasteiger charge is -2.13. The molecule has 2 aromatic carbocycles. The summed E-state index contributed by atoms with van der Waals surface area (Å²) in [5, 5.41) is 9.31. The van der Waals surface area contributed by atoms with E-state index >= 15 is 0 Å². The van der Waals surface area contributed by atoms with Crippen LogP contribution in [0.25, 0.3) is 0 Å². The van der Waals surface area contributed by atoms with Crippen molar-refractivity contribution in [1.29, 1.82) is 0 Å². The Morgan fingerprint density at radius 2 is 1.53 bits per heavy atom. The van der Waals surface area contributed by atoms with E-state index in [2.05, 4.69) is 0 Å². The SMILES string of the molecule is Nc1ccccc1C(C(=O)O)C(=O)c1ccccc1. The third-order valence-electron chi connectivity index (χ3n) is 2.87. The highest BCUT2D eigenvalue weighted by Crippen LogP contribution is 2.26. The first-order valence-corrected chi connectivity index (χ1v) is 5.77. The van der Waals surface area contributed by atoms with Gasteiger partial charge in [0.05, 0.1) is 0 Å². The highest BCUT2D eigenvalue weighted by Gasteiger charge is 2.30. The number of nitrogens with two attached hydrogens (primary N) is 1. The molecule has 2 aromatic rings. The molecule has 19 heavy (non-hydrogen) atoms. The first-order chi connectivity index (χ1) is 9.11. The normalized spacial score (nSPS) is 11.8. The number of hydrogen-bond acceptors (Lipinski definition) is 3. The van der Waals surface area contributed by atoms with Crippen molar-refractivity contribution in [2.45, 2.75) is 5.92 Å². The van der Waals surface area contributed by atoms with Crippen LogP contribution in [0.1, 0.15) is 21.8 Å². The van der Waals surface area contributed by atoms with Gasteiger partial charge in [0.15, 0.2) is 5.78 Å². The lowest BCUT2D eigenvalue weighted by atomic mass is 9.90. The number of nitrogen functional groups attached to an aromatic ring is 1. The molecule has 0 aromatic heterocycles. The Morgan fingerprint density at radius 3 is 2.11 bits per heavy atom. The largest absolute Gasteiger partial charge is 0.480 e. The minimum Gasteiger partial charge on any atom is -0.480 e. The molecule has 0 spiro atoms. The molecule has 1 unspecified atom stereocenters. The van der Waals surface area contributed by atoms with Gasteiger partial charge in [0.25, 0.3) is 0 Å². The molecule has 0 aliphatic heterocycles. The van der Waals surface area contributed by atoms with E-state index in [0.717, 1.165) is 0 Å². The fraction of sp³-hybridized carbons (Fsp3) is 0.0667. The predicted molar refractivity (Wildman–Crippen MR) is 72.0 cm³/mol. The summed E-state index contributed by atoms with van der Waals surface area (Å²) >= 11 is 0. The first kappa shape index (κ1) is 12.8. The number of carboxylic acid groups (broad SMARTS) is 1. The lowest BCUT2D eigenvalue weighted by molar-refractivity contribution is -0.137. The molecule has 0 amide bonds. The summed E-state index contributed by atoms with van der Waals surface area (Å²) in [7, 11) is 0. The Hall–Kier alpha value is -2.62. The summed E-state index contributed by atoms with van der Waals surface area (Å²) in [6, 6.07) is 14.9. The predicted octanol–water partition coefficient (Wildman–Crippen LogP) is 2.32. The van der Waals surface area contributed by atoms with Crippen LogP contribution in [0.5, 0.6) is 0 Å². The summed E-state index contributed by atoms with van der Waals surface area (Å²) < 4.78 is 0. The Balaban J connectivity index is 2.45. The van der Waals surface area contributed by atoms with Crippen molar-refractivity contribution in [3.8, 4) is 0 Å². The van der Waals surface area contributed by atoms with Gasteiger partial charge in [-0.05, 0) is 11.6 Å². The van der Waals surface area contributed by atoms with Crippen molar-refractivity contribution < 1.29 is 14.7 Å². The van der Waals surface area contributed by atoms with Crippen molar-refractivity contribution in [1.82, 2.24) is 0 Å². The zero-order valence-corrected chi connectivity index (χ0v) is 10.1. The highest BCUT2D eigenvalue weighted by molar-refractivity contribution is 6.13. The summed E-state index contributed by atoms with van der Waals surface area (Å²) in [5.41, 5.74) is 6.75. The molecule has 2 rings (SSSR count). The average molecular weight is 255 g/mol. The zero-order valence-electron chi connectivity index (χ0n) is 10.1. The fourth-order valence-corrected chi connectivity index (χ4v) is 1.93. The topological polar surface area (TPSA) is 80.4 Å². The minimum absolute atomic E-state index is 0.305. The molecule has 96 valence electrons. The molecule has 3 N–H and O–H groups in total. The van der Waals surface area contributed by atoms with Crippen LogP contribution < -0.4 is 5.73 Å². The smallest absolute Gasteiger partial charge is 0.319 e. The molecular formula is C15H13NO3. The maximum atomic E-state index is 12.3. The molecule has 0 aliphatic rings. The molecule has 0 bridgehead atoms. The van der Waals surface area contributed by atoms with Crippen molar-refractivity contribution in [2.75, 3.05) is 5.73 Å². The molecule has 4 heteroatoms. The van der Waals surface area contributed by atoms with Crippen molar-refractivity contribution >= 4 is 17.4 Å². The second-order valence-electron chi connectivity index (χ2n) is 4.13. The van der Waals surface area contributed by atoms with E-state index < -0.39 is 17.7 Å². The number of Topliss-reactive ketones (excluding diaryl/α,β-unsaturated/α-hetero) is 1. The van der Waals surface area contributed by atoms with Crippen LogP contribution in [0.2, 0.25) is 0 Å². The van der Waals surface area contributed by atoms with Crippen LogP contribution in [0.4, 0.5) is 5.69 Å². The number of para-hydroxylation sites is 1. The molecule has 0 fully saturated rings. The van der Waals surface area contributed by atoms with Gasteiger partial charge in [-0.15, -0.1) is 0 Å². The van der Waals surface area contributed by atoms with Gasteiger partial charge in [-0.3, -0.25) is 9.59 Å². The molecule has 1 atom stereocenters. The molecular weight excluding hydrogens is 242 g/mol. The van der Waals surface area contributed by atoms with E-state index in [1.807, 2.05) is 0 Å². The monoisotopic (exact) mass is 255 g/mol. The maximum Gasteiger partial charge on any atom is 0.319 e. The van der Waals surface area contributed by atoms with Gasteiger partial charge in [0, 0.05) is 11.3 Å². The Labute approximate surface area is 110 Å². The molecule has 0 radical (unpaired) electrons. The molecule has 0 saturated heterocycles. The van der Waals surface area contributed by atoms with Crippen LogP contribution >= 0.6 is 0 Å². The molecule has 0 aliphatic carbocycles. The van der Waals surface area contributed by atoms with E-state index in [4.69, 9.17) is 5.73 Å². The summed E-state index contributed by atoms with van der Waals surface area (Å²) in [6.45, 7) is 0. The van der Waals surface area contributed by atoms with Gasteiger partial charge in [-0.2, -0.15) is 0 Å². The lowest BCUT2D eigenvalue weighted by Crippen LogP contribution is -2.22. The van der Waals surface area contributed by atoms with Crippen molar-refractivity contribution in [2.24, 2.45) is 0 Å². The van der Waals surface area contributed by atoms with Gasteiger partial charge in [-0.1, -0.05) is 48.5 Å². The Kier molecular flexibility index (Phi) is 3.61. The summed E-state index contributed by atoms with van der Waals surface area (Å²) in [6.07, 6.45) is 0. The van der Waals surface area contributed by atoms with Gasteiger partial charge >= 0.3 is 5.97 Å². The quantitative estimate of drug-likeness (QED) is 0.499. The molecule has 0 heterocycles. The standard InChI is InChI=1S/C15H13NO3/c16-12-9-5-4-8-11(12)13(15(18)19)14(17)10-6-2-1-3-7-10/h1-9,13H,16H2,(H,18,19). The van der Waals surface area contributed by atoms with E-state index in [-0.39, 0.29) is 0 Å². The number of anilines is 1. The first-order valence-electron chi connectivity index (χ1n) is 5.77. The second kappa shape index (κ2) is 5.35. The number of benzene rings is 2. The third-order valence-corrected chi connectivity index (χ3v) is 2.87. The van der Waals surface area contributed by atoms with Gasteiger partial charge in [-0.25, -0.2) is 0 Å². The van der Waals surface area contributed by atoms with E-state index in [0.29, 0.717) is 16.8 Å². The Bertz CT molecular complexity index is 608. The van der Waals surface area contributed by atoms with Crippen molar-refractivity contribution in [3.05, 3.63) is 65.7 Å². The van der Waals surface area contributed by atoms with Crippen LogP contribution in [-0.4, -0.2) is 16.9 Å². The second-order valence-corrected chi connectivity index (χ2v) is 4.13. The highest BCUT2D eigenvalue weighted by atomic mass is 16.4. The molecule has 4 nitrogen and oxygen atoms in total. The minimum atomic E-state index is -1.27. The van der Waals surface area contributed by atoms with Crippen LogP contribution in [-0.2, 0) is 4.79 Å². The van der Waals surface area contributed by atoms with Gasteiger partial charge in [0.1, 0.15) is 5.92 Å². The number of aliphatic carboxylic acids is 1. The van der Waals surface area contributed by atoms with E-state index in [9.17, 15) is 14.7 Å². The maximum absolute atomic E-state index is 12.3. The summed E-state index contributed by atoms with van der Waals surface area (Å²) in [4.78, 5) is 23.7. The Morgan fingerprint density at radius 1 is 0.947 bits per heavy atom. The van der Waals surface area contributed by atoms with Gasteiger partial charge < -0.3 is 10.8 Å². The van der Waals surface area contributed by atoms with Crippen LogP contribution in [0, 0.1) is 0 Å². The van der Waals surface area contributed by atoms with Crippen LogP contribution in [0.15, 0.2) is 54.6 Å². The zero-order chi connectivity index (χ0) is 13.8. The van der Waals surface area contributed by atoms with Crippen molar-refractivity contribution in [3.63, 3.8) is 0 Å². The number of carbonyl (C=O) groups excluding carboxylic acids is 1. The summed E-state index contributed by atoms with van der Waals surface area (Å²) in [5.74, 6) is -2.94. The third kappa shape index (κ3) is 2.63. The van der Waals surface area contributed by atoms with E-state index in [1.165, 1.54) is 0 Å². The number of ketones is 1. The number of carboxylic acids is 1. The van der Waals surface area contributed by atoms with Gasteiger partial charge in [0.2, 0.25) is 0 Å². The number of hydrogen-bond donors (Lipinski definition) is 2. The number of rotatable bonds is 4. The van der Waals surface area contributed by atoms with E-state index in [1.54, 1.807) is 54.6 Å². The number of carbonyl (C=O) groups is 2.